The van der Waals surface area contributed by atoms with E-state index < -0.39 is 0 Å². The Hall–Kier alpha value is -1.85. The van der Waals surface area contributed by atoms with E-state index in [9.17, 15) is 9.59 Å². The van der Waals surface area contributed by atoms with E-state index in [0.717, 1.165) is 50.4 Å². The molecule has 20 heavy (non-hydrogen) atoms. The first-order chi connectivity index (χ1) is 9.61. The number of nitrogens with one attached hydrogen (secondary N) is 2. The number of aromatic nitrogens is 2. The van der Waals surface area contributed by atoms with Crippen molar-refractivity contribution in [2.45, 2.75) is 44.6 Å². The summed E-state index contributed by atoms with van der Waals surface area (Å²) < 4.78 is 0. The van der Waals surface area contributed by atoms with Crippen molar-refractivity contribution in [2.24, 2.45) is 0 Å². The summed E-state index contributed by atoms with van der Waals surface area (Å²) in [7, 11) is 0. The zero-order chi connectivity index (χ0) is 14.1. The standard InChI is InChI=1S/C14H20N4O2/c1-9(19)15-11-4-6-18(7-5-11)12-8-13(20)17-14(16-12)10-2-3-10/h8,10-11H,2-7H2,1H3,(H,15,19)(H,16,17,20). The first-order valence-electron chi connectivity index (χ1n) is 7.25. The Morgan fingerprint density at radius 2 is 2.05 bits per heavy atom. The van der Waals surface area contributed by atoms with Gasteiger partial charge in [-0.15, -0.1) is 0 Å². The molecule has 1 amide bonds. The fourth-order valence-electron chi connectivity index (χ4n) is 2.72. The van der Waals surface area contributed by atoms with Crippen LogP contribution >= 0.6 is 0 Å². The van der Waals surface area contributed by atoms with Gasteiger partial charge in [0.05, 0.1) is 0 Å². The molecule has 0 aromatic carbocycles. The van der Waals surface area contributed by atoms with Gasteiger partial charge in [0.15, 0.2) is 0 Å². The van der Waals surface area contributed by atoms with Gasteiger partial charge in [-0.3, -0.25) is 9.59 Å². The maximum atomic E-state index is 11.7. The molecule has 0 bridgehead atoms. The van der Waals surface area contributed by atoms with Crippen molar-refractivity contribution < 1.29 is 4.79 Å². The minimum atomic E-state index is -0.0686. The summed E-state index contributed by atoms with van der Waals surface area (Å²) >= 11 is 0. The first kappa shape index (κ1) is 13.1. The second-order valence-corrected chi connectivity index (χ2v) is 5.72. The molecule has 1 aliphatic heterocycles. The summed E-state index contributed by atoms with van der Waals surface area (Å²) in [6.07, 6.45) is 4.04. The number of piperidine rings is 1. The SMILES string of the molecule is CC(=O)NC1CCN(c2cc(=O)[nH]c(C3CC3)n2)CC1. The number of carbonyl (C=O) groups excluding carboxylic acids is 1. The highest BCUT2D eigenvalue weighted by atomic mass is 16.1. The average molecular weight is 276 g/mol. The van der Waals surface area contributed by atoms with Crippen LogP contribution in [0.2, 0.25) is 0 Å². The molecule has 108 valence electrons. The van der Waals surface area contributed by atoms with Crippen molar-refractivity contribution in [3.63, 3.8) is 0 Å². The Morgan fingerprint density at radius 3 is 2.65 bits per heavy atom. The predicted molar refractivity (Wildman–Crippen MR) is 75.9 cm³/mol. The molecule has 0 unspecified atom stereocenters. The third kappa shape index (κ3) is 3.00. The van der Waals surface area contributed by atoms with Crippen molar-refractivity contribution in [1.29, 1.82) is 0 Å². The molecule has 2 fully saturated rings. The van der Waals surface area contributed by atoms with Crippen LogP contribution in [0.15, 0.2) is 10.9 Å². The Bertz CT molecular complexity index is 557. The maximum Gasteiger partial charge on any atom is 0.252 e. The van der Waals surface area contributed by atoms with E-state index in [1.165, 1.54) is 0 Å². The summed E-state index contributed by atoms with van der Waals surface area (Å²) in [6, 6.07) is 1.82. The Morgan fingerprint density at radius 1 is 1.35 bits per heavy atom. The molecule has 6 heteroatoms. The van der Waals surface area contributed by atoms with Crippen LogP contribution in [0.25, 0.3) is 0 Å². The van der Waals surface area contributed by atoms with E-state index in [4.69, 9.17) is 0 Å². The second-order valence-electron chi connectivity index (χ2n) is 5.72. The fraction of sp³-hybridized carbons (Fsp3) is 0.643. The van der Waals surface area contributed by atoms with Crippen LogP contribution in [-0.4, -0.2) is 35.0 Å². The van der Waals surface area contributed by atoms with E-state index >= 15 is 0 Å². The summed E-state index contributed by atoms with van der Waals surface area (Å²) in [4.78, 5) is 32.3. The van der Waals surface area contributed by atoms with Crippen LogP contribution in [0.4, 0.5) is 5.82 Å². The quantitative estimate of drug-likeness (QED) is 0.854. The summed E-state index contributed by atoms with van der Waals surface area (Å²) in [5.74, 6) is 2.07. The Kier molecular flexibility index (Phi) is 3.46. The van der Waals surface area contributed by atoms with Gasteiger partial charge in [-0.2, -0.15) is 0 Å². The normalized spacial score (nSPS) is 19.9. The summed E-state index contributed by atoms with van der Waals surface area (Å²) in [6.45, 7) is 3.20. The lowest BCUT2D eigenvalue weighted by atomic mass is 10.1. The Labute approximate surface area is 117 Å². The van der Waals surface area contributed by atoms with Crippen LogP contribution in [0.1, 0.15) is 44.3 Å². The molecule has 3 rings (SSSR count). The molecule has 1 aromatic heterocycles. The number of amides is 1. The summed E-state index contributed by atoms with van der Waals surface area (Å²) in [5.41, 5.74) is -0.0686. The molecule has 6 nitrogen and oxygen atoms in total. The van der Waals surface area contributed by atoms with Crippen molar-refractivity contribution in [2.75, 3.05) is 18.0 Å². The molecule has 0 radical (unpaired) electrons. The lowest BCUT2D eigenvalue weighted by molar-refractivity contribution is -0.119. The molecule has 0 atom stereocenters. The van der Waals surface area contributed by atoms with Gasteiger partial charge in [0.2, 0.25) is 5.91 Å². The van der Waals surface area contributed by atoms with Crippen LogP contribution in [0, 0.1) is 0 Å². The summed E-state index contributed by atoms with van der Waals surface area (Å²) in [5, 5.41) is 2.95. The number of H-pyrrole nitrogens is 1. The molecular formula is C14H20N4O2. The second kappa shape index (κ2) is 5.26. The predicted octanol–water partition coefficient (Wildman–Crippen LogP) is 0.752. The van der Waals surface area contributed by atoms with Gasteiger partial charge in [0.1, 0.15) is 11.6 Å². The van der Waals surface area contributed by atoms with Crippen LogP contribution in [0.3, 0.4) is 0 Å². The van der Waals surface area contributed by atoms with Crippen LogP contribution in [0.5, 0.6) is 0 Å². The largest absolute Gasteiger partial charge is 0.356 e. The van der Waals surface area contributed by atoms with Gasteiger partial charge in [0.25, 0.3) is 5.56 Å². The number of carbonyl (C=O) groups is 1. The van der Waals surface area contributed by atoms with Gasteiger partial charge in [-0.25, -0.2) is 4.98 Å². The highest BCUT2D eigenvalue weighted by molar-refractivity contribution is 5.73. The zero-order valence-corrected chi connectivity index (χ0v) is 11.7. The number of hydrogen-bond acceptors (Lipinski definition) is 4. The molecule has 1 saturated carbocycles. The van der Waals surface area contributed by atoms with E-state index in [1.807, 2.05) is 0 Å². The lowest BCUT2D eigenvalue weighted by Gasteiger charge is -2.33. The van der Waals surface area contributed by atoms with Gasteiger partial charge in [0, 0.05) is 38.0 Å². The monoisotopic (exact) mass is 276 g/mol. The maximum absolute atomic E-state index is 11.7. The van der Waals surface area contributed by atoms with Crippen molar-refractivity contribution >= 4 is 11.7 Å². The average Bonchev–Trinajstić information content (AvgIpc) is 3.22. The highest BCUT2D eigenvalue weighted by Crippen LogP contribution is 2.38. The molecule has 1 aliphatic carbocycles. The highest BCUT2D eigenvalue weighted by Gasteiger charge is 2.28. The van der Waals surface area contributed by atoms with Crippen LogP contribution in [-0.2, 0) is 4.79 Å². The van der Waals surface area contributed by atoms with Crippen molar-refractivity contribution in [3.05, 3.63) is 22.2 Å². The van der Waals surface area contributed by atoms with E-state index in [0.29, 0.717) is 5.92 Å². The molecule has 2 N–H and O–H groups in total. The van der Waals surface area contributed by atoms with E-state index in [-0.39, 0.29) is 17.5 Å². The van der Waals surface area contributed by atoms with Crippen LogP contribution < -0.4 is 15.8 Å². The molecular weight excluding hydrogens is 256 g/mol. The molecule has 1 saturated heterocycles. The van der Waals surface area contributed by atoms with Crippen molar-refractivity contribution in [1.82, 2.24) is 15.3 Å². The Balaban J connectivity index is 1.68. The smallest absolute Gasteiger partial charge is 0.252 e. The molecule has 0 spiro atoms. The fourth-order valence-corrected chi connectivity index (χ4v) is 2.72. The third-order valence-corrected chi connectivity index (χ3v) is 3.94. The van der Waals surface area contributed by atoms with E-state index in [1.54, 1.807) is 13.0 Å². The van der Waals surface area contributed by atoms with Gasteiger partial charge >= 0.3 is 0 Å². The van der Waals surface area contributed by atoms with Gasteiger partial charge in [-0.05, 0) is 25.7 Å². The third-order valence-electron chi connectivity index (χ3n) is 3.94. The van der Waals surface area contributed by atoms with Crippen molar-refractivity contribution in [3.8, 4) is 0 Å². The number of nitrogens with zero attached hydrogens (tertiary/aromatic N) is 2. The molecule has 2 heterocycles. The number of rotatable bonds is 3. The number of aromatic amines is 1. The van der Waals surface area contributed by atoms with Gasteiger partial charge < -0.3 is 15.2 Å². The first-order valence-corrected chi connectivity index (χ1v) is 7.25. The number of anilines is 1. The van der Waals surface area contributed by atoms with E-state index in [2.05, 4.69) is 20.2 Å². The topological polar surface area (TPSA) is 78.1 Å². The number of hydrogen-bond donors (Lipinski definition) is 2. The lowest BCUT2D eigenvalue weighted by Crippen LogP contribution is -2.44. The molecule has 1 aromatic rings. The minimum Gasteiger partial charge on any atom is -0.356 e. The molecule has 2 aliphatic rings. The zero-order valence-electron chi connectivity index (χ0n) is 11.7. The van der Waals surface area contributed by atoms with Gasteiger partial charge in [-0.1, -0.05) is 0 Å². The minimum absolute atomic E-state index is 0.0220.